The van der Waals surface area contributed by atoms with Crippen molar-refractivity contribution in [1.29, 1.82) is 0 Å². The van der Waals surface area contributed by atoms with E-state index in [1.165, 1.54) is 0 Å². The number of aliphatic carboxylic acids is 1. The summed E-state index contributed by atoms with van der Waals surface area (Å²) in [6.07, 6.45) is 8.14. The van der Waals surface area contributed by atoms with Crippen molar-refractivity contribution in [3.05, 3.63) is 54.0 Å². The van der Waals surface area contributed by atoms with Gasteiger partial charge in [0.25, 0.3) is 0 Å². The maximum absolute atomic E-state index is 11.1. The topological polar surface area (TPSA) is 123 Å². The Morgan fingerprint density at radius 3 is 2.56 bits per heavy atom. The number of carboxylic acid groups (broad SMARTS) is 1. The summed E-state index contributed by atoms with van der Waals surface area (Å²) in [7, 11) is 1.57. The van der Waals surface area contributed by atoms with Crippen LogP contribution in [-0.4, -0.2) is 50.9 Å². The number of carbonyl (C=O) groups is 1. The van der Waals surface area contributed by atoms with Gasteiger partial charge in [-0.25, -0.2) is 9.97 Å². The Hall–Kier alpha value is -4.01. The van der Waals surface area contributed by atoms with Gasteiger partial charge in [-0.3, -0.25) is 9.79 Å². The molecule has 9 heteroatoms. The zero-order chi connectivity index (χ0) is 24.1. The zero-order valence-electron chi connectivity index (χ0n) is 19.2. The number of rotatable bonds is 8. The van der Waals surface area contributed by atoms with E-state index < -0.39 is 5.97 Å². The smallest absolute Gasteiger partial charge is 0.306 e. The largest absolute Gasteiger partial charge is 0.481 e. The third-order valence-corrected chi connectivity index (χ3v) is 5.91. The van der Waals surface area contributed by atoms with E-state index >= 15 is 0 Å². The number of carboxylic acids is 1. The van der Waals surface area contributed by atoms with E-state index in [0.29, 0.717) is 54.6 Å². The average Bonchev–Trinajstić information content (AvgIpc) is 3.29. The lowest BCUT2D eigenvalue weighted by Gasteiger charge is -2.26. The molecular formula is C25H27N5O4. The molecule has 0 bridgehead atoms. The van der Waals surface area contributed by atoms with Gasteiger partial charge in [0.1, 0.15) is 11.9 Å². The average molecular weight is 462 g/mol. The number of nitrogens with zero attached hydrogens (tertiary/aromatic N) is 4. The molecule has 0 spiro atoms. The van der Waals surface area contributed by atoms with E-state index in [-0.39, 0.29) is 12.0 Å². The lowest BCUT2D eigenvalue weighted by Crippen LogP contribution is -2.28. The van der Waals surface area contributed by atoms with Crippen LogP contribution in [0.4, 0.5) is 0 Å². The number of methoxy groups -OCH3 is 1. The van der Waals surface area contributed by atoms with Crippen LogP contribution in [0.2, 0.25) is 0 Å². The van der Waals surface area contributed by atoms with Crippen molar-refractivity contribution in [3.8, 4) is 11.8 Å². The summed E-state index contributed by atoms with van der Waals surface area (Å²) in [6, 6.07) is 7.34. The maximum Gasteiger partial charge on any atom is 0.306 e. The molecule has 2 N–H and O–H groups in total. The Morgan fingerprint density at radius 2 is 1.91 bits per heavy atom. The molecule has 0 radical (unpaired) electrons. The second-order valence-electron chi connectivity index (χ2n) is 8.18. The Bertz CT molecular complexity index is 1240. The molecule has 176 valence electrons. The normalized spacial score (nSPS) is 19.1. The quantitative estimate of drug-likeness (QED) is 0.373. The summed E-state index contributed by atoms with van der Waals surface area (Å²) < 4.78 is 11.1. The van der Waals surface area contributed by atoms with Gasteiger partial charge >= 0.3 is 5.97 Å². The molecule has 3 aromatic heterocycles. The number of hydrogen-bond donors (Lipinski definition) is 2. The lowest BCUT2D eigenvalue weighted by atomic mass is 9.87. The number of aromatic amines is 1. The Balaban J connectivity index is 1.43. The molecule has 3 aromatic rings. The number of fused-ring (bicyclic) bond motifs is 1. The van der Waals surface area contributed by atoms with Crippen molar-refractivity contribution < 1.29 is 19.4 Å². The van der Waals surface area contributed by atoms with Crippen LogP contribution in [0.1, 0.15) is 44.0 Å². The Kier molecular flexibility index (Phi) is 7.01. The highest BCUT2D eigenvalue weighted by Crippen LogP contribution is 2.28. The first-order valence-corrected chi connectivity index (χ1v) is 11.1. The molecular weight excluding hydrogens is 434 g/mol. The number of aliphatic imine (C=N–C) groups is 1. The van der Waals surface area contributed by atoms with Gasteiger partial charge in [0.05, 0.1) is 24.2 Å². The van der Waals surface area contributed by atoms with E-state index in [4.69, 9.17) is 14.6 Å². The molecule has 3 heterocycles. The van der Waals surface area contributed by atoms with Crippen LogP contribution >= 0.6 is 0 Å². The van der Waals surface area contributed by atoms with Gasteiger partial charge in [0, 0.05) is 23.9 Å². The number of nitrogens with one attached hydrogen (secondary N) is 1. The van der Waals surface area contributed by atoms with Crippen LogP contribution in [0.25, 0.3) is 22.4 Å². The molecule has 0 aliphatic heterocycles. The summed E-state index contributed by atoms with van der Waals surface area (Å²) in [6.45, 7) is 5.62. The number of aromatic nitrogens is 4. The third-order valence-electron chi connectivity index (χ3n) is 5.91. The van der Waals surface area contributed by atoms with Crippen molar-refractivity contribution in [2.75, 3.05) is 7.11 Å². The van der Waals surface area contributed by atoms with Crippen molar-refractivity contribution in [2.24, 2.45) is 10.9 Å². The number of imidazole rings is 1. The van der Waals surface area contributed by atoms with Crippen LogP contribution < -0.4 is 9.47 Å². The summed E-state index contributed by atoms with van der Waals surface area (Å²) >= 11 is 0. The Labute approximate surface area is 197 Å². The maximum atomic E-state index is 11.1. The van der Waals surface area contributed by atoms with Crippen molar-refractivity contribution in [3.63, 3.8) is 0 Å². The van der Waals surface area contributed by atoms with E-state index in [2.05, 4.69) is 31.6 Å². The predicted molar refractivity (Wildman–Crippen MR) is 130 cm³/mol. The number of ether oxygens (including phenoxy) is 2. The number of H-pyrrole nitrogens is 1. The summed E-state index contributed by atoms with van der Waals surface area (Å²) in [4.78, 5) is 31.7. The molecule has 0 amide bonds. The van der Waals surface area contributed by atoms with E-state index in [1.807, 2.05) is 31.2 Å². The van der Waals surface area contributed by atoms with Gasteiger partial charge in [-0.2, -0.15) is 4.98 Å². The molecule has 0 unspecified atom stereocenters. The Morgan fingerprint density at radius 1 is 1.15 bits per heavy atom. The molecule has 0 atom stereocenters. The van der Waals surface area contributed by atoms with Crippen LogP contribution in [-0.2, 0) is 4.79 Å². The van der Waals surface area contributed by atoms with Crippen LogP contribution in [0.5, 0.6) is 11.8 Å². The first kappa shape index (κ1) is 23.2. The minimum absolute atomic E-state index is 0.00894. The molecule has 9 nitrogen and oxygen atoms in total. The number of hydrogen-bond acceptors (Lipinski definition) is 7. The summed E-state index contributed by atoms with van der Waals surface area (Å²) in [5, 5.41) is 9.13. The molecule has 0 saturated heterocycles. The van der Waals surface area contributed by atoms with Gasteiger partial charge < -0.3 is 19.6 Å². The summed E-state index contributed by atoms with van der Waals surface area (Å²) in [5.41, 5.74) is 3.78. The molecule has 0 aromatic carbocycles. The second kappa shape index (κ2) is 10.3. The molecule has 1 aliphatic rings. The lowest BCUT2D eigenvalue weighted by molar-refractivity contribution is -0.143. The molecule has 34 heavy (non-hydrogen) atoms. The van der Waals surface area contributed by atoms with Crippen LogP contribution in [0.3, 0.4) is 0 Å². The minimum Gasteiger partial charge on any atom is -0.481 e. The van der Waals surface area contributed by atoms with E-state index in [1.54, 1.807) is 25.4 Å². The highest BCUT2D eigenvalue weighted by molar-refractivity contribution is 5.77. The van der Waals surface area contributed by atoms with Gasteiger partial charge in [-0.1, -0.05) is 6.08 Å². The van der Waals surface area contributed by atoms with Crippen LogP contribution in [0.15, 0.2) is 47.6 Å². The van der Waals surface area contributed by atoms with Crippen molar-refractivity contribution >= 4 is 35.1 Å². The van der Waals surface area contributed by atoms with E-state index in [0.717, 1.165) is 16.7 Å². The predicted octanol–water partition coefficient (Wildman–Crippen LogP) is 4.53. The minimum atomic E-state index is -0.723. The third kappa shape index (κ3) is 5.31. The van der Waals surface area contributed by atoms with Crippen molar-refractivity contribution in [1.82, 2.24) is 19.9 Å². The van der Waals surface area contributed by atoms with Gasteiger partial charge in [0.15, 0.2) is 5.65 Å². The standard InChI is InChI=1S/C25H27N5O4/c1-15(23-28-20-11-13-22(33-3)29-24(20)30-23)4-10-19(26-2)17-7-12-21(27-14-17)34-18-8-5-16(6-9-18)25(31)32/h4,7,10-14,16,18H,2,5-6,8-9H2,1,3H3,(H,31,32)(H,28,29,30)/b15-4+,19-10-. The van der Waals surface area contributed by atoms with Crippen molar-refractivity contribution in [2.45, 2.75) is 38.7 Å². The zero-order valence-corrected chi connectivity index (χ0v) is 19.2. The molecule has 1 aliphatic carbocycles. The molecule has 1 fully saturated rings. The van der Waals surface area contributed by atoms with Gasteiger partial charge in [0.2, 0.25) is 11.8 Å². The number of pyridine rings is 2. The monoisotopic (exact) mass is 461 g/mol. The molecule has 1 saturated carbocycles. The summed E-state index contributed by atoms with van der Waals surface area (Å²) in [5.74, 6) is 0.742. The highest BCUT2D eigenvalue weighted by Gasteiger charge is 2.27. The SMILES string of the molecule is C=N/C(=C\C=C(/C)c1nc2nc(OC)ccc2[nH]1)c1ccc(OC2CCC(C(=O)O)CC2)nc1. The van der Waals surface area contributed by atoms with Crippen LogP contribution in [0, 0.1) is 5.92 Å². The van der Waals surface area contributed by atoms with E-state index in [9.17, 15) is 4.79 Å². The highest BCUT2D eigenvalue weighted by atomic mass is 16.5. The molecule has 4 rings (SSSR count). The first-order chi connectivity index (χ1) is 16.5. The first-order valence-electron chi connectivity index (χ1n) is 11.1. The number of allylic oxidation sites excluding steroid dienone is 3. The fourth-order valence-corrected chi connectivity index (χ4v) is 3.90. The van der Waals surface area contributed by atoms with Gasteiger partial charge in [-0.05, 0) is 63.1 Å². The van der Waals surface area contributed by atoms with Gasteiger partial charge in [-0.15, -0.1) is 0 Å². The fraction of sp³-hybridized carbons (Fsp3) is 0.320. The fourth-order valence-electron chi connectivity index (χ4n) is 3.90. The second-order valence-corrected chi connectivity index (χ2v) is 8.18.